The highest BCUT2D eigenvalue weighted by atomic mass is 32.2. The summed E-state index contributed by atoms with van der Waals surface area (Å²) in [7, 11) is -2.41. The van der Waals surface area contributed by atoms with Crippen molar-refractivity contribution in [3.05, 3.63) is 12.4 Å². The van der Waals surface area contributed by atoms with E-state index in [0.717, 1.165) is 6.20 Å². The lowest BCUT2D eigenvalue weighted by Gasteiger charge is -2.19. The van der Waals surface area contributed by atoms with E-state index in [0.29, 0.717) is 4.31 Å². The zero-order valence-electron chi connectivity index (χ0n) is 9.25. The van der Waals surface area contributed by atoms with Crippen LogP contribution in [0.4, 0.5) is 8.78 Å². The Balaban J connectivity index is 2.99. The summed E-state index contributed by atoms with van der Waals surface area (Å²) < 4.78 is 50.4. The Morgan fingerprint density at radius 1 is 1.59 bits per heavy atom. The predicted molar refractivity (Wildman–Crippen MR) is 57.0 cm³/mol. The number of nitrogens with two attached hydrogens (primary N) is 1. The van der Waals surface area contributed by atoms with Crippen LogP contribution in [0.25, 0.3) is 0 Å². The molecule has 1 heterocycles. The second kappa shape index (κ2) is 5.52. The van der Waals surface area contributed by atoms with Crippen molar-refractivity contribution in [1.82, 2.24) is 14.1 Å². The summed E-state index contributed by atoms with van der Waals surface area (Å²) in [5.74, 6) is 0. The molecule has 17 heavy (non-hydrogen) atoms. The van der Waals surface area contributed by atoms with Gasteiger partial charge in [0.25, 0.3) is 6.43 Å². The third-order valence-electron chi connectivity index (χ3n) is 2.04. The van der Waals surface area contributed by atoms with Crippen molar-refractivity contribution in [1.29, 1.82) is 0 Å². The van der Waals surface area contributed by atoms with Gasteiger partial charge in [0.15, 0.2) is 0 Å². The lowest BCUT2D eigenvalue weighted by atomic mass is 10.6. The van der Waals surface area contributed by atoms with Crippen LogP contribution in [0.1, 0.15) is 0 Å². The van der Waals surface area contributed by atoms with Crippen molar-refractivity contribution in [2.45, 2.75) is 11.3 Å². The Morgan fingerprint density at radius 2 is 2.24 bits per heavy atom. The van der Waals surface area contributed by atoms with Gasteiger partial charge >= 0.3 is 0 Å². The Morgan fingerprint density at radius 3 is 2.65 bits per heavy atom. The van der Waals surface area contributed by atoms with Gasteiger partial charge in [-0.15, -0.1) is 0 Å². The summed E-state index contributed by atoms with van der Waals surface area (Å²) in [5.41, 5.74) is 5.21. The topological polar surface area (TPSA) is 81.2 Å². The van der Waals surface area contributed by atoms with Gasteiger partial charge in [-0.25, -0.2) is 17.2 Å². The number of alkyl halides is 2. The molecule has 0 spiro atoms. The quantitative estimate of drug-likeness (QED) is 0.763. The van der Waals surface area contributed by atoms with Crippen LogP contribution >= 0.6 is 0 Å². The van der Waals surface area contributed by atoms with Gasteiger partial charge in [-0.2, -0.15) is 9.40 Å². The van der Waals surface area contributed by atoms with Gasteiger partial charge in [0.05, 0.1) is 12.7 Å². The van der Waals surface area contributed by atoms with Crippen molar-refractivity contribution < 1.29 is 17.2 Å². The molecule has 0 amide bonds. The van der Waals surface area contributed by atoms with Crippen LogP contribution in [0.15, 0.2) is 17.3 Å². The van der Waals surface area contributed by atoms with Gasteiger partial charge < -0.3 is 5.73 Å². The SMILES string of the molecule is Cn1cc(S(=O)(=O)N(CCN)CC(F)F)cn1. The van der Waals surface area contributed by atoms with E-state index in [1.54, 1.807) is 7.05 Å². The third kappa shape index (κ3) is 3.45. The Kier molecular flexibility index (Phi) is 4.54. The molecule has 0 atom stereocenters. The summed E-state index contributed by atoms with van der Waals surface area (Å²) in [6, 6.07) is 0. The van der Waals surface area contributed by atoms with E-state index in [1.165, 1.54) is 10.9 Å². The average molecular weight is 268 g/mol. The Hall–Kier alpha value is -1.06. The number of hydrogen-bond acceptors (Lipinski definition) is 4. The smallest absolute Gasteiger partial charge is 0.252 e. The first-order valence-corrected chi connectivity index (χ1v) is 6.29. The van der Waals surface area contributed by atoms with Crippen molar-refractivity contribution in [2.75, 3.05) is 19.6 Å². The van der Waals surface area contributed by atoms with Crippen LogP contribution in [-0.4, -0.2) is 48.6 Å². The Labute approximate surface area is 98.1 Å². The lowest BCUT2D eigenvalue weighted by molar-refractivity contribution is 0.120. The van der Waals surface area contributed by atoms with Crippen LogP contribution in [0.2, 0.25) is 0 Å². The molecular formula is C8H14F2N4O2S. The van der Waals surface area contributed by atoms with Gasteiger partial charge in [0, 0.05) is 26.3 Å². The maximum absolute atomic E-state index is 12.3. The van der Waals surface area contributed by atoms with E-state index in [-0.39, 0.29) is 18.0 Å². The molecule has 1 aromatic rings. The number of hydrogen-bond donors (Lipinski definition) is 1. The van der Waals surface area contributed by atoms with Crippen molar-refractivity contribution in [3.63, 3.8) is 0 Å². The first-order valence-electron chi connectivity index (χ1n) is 4.85. The van der Waals surface area contributed by atoms with E-state index in [9.17, 15) is 17.2 Å². The van der Waals surface area contributed by atoms with Crippen molar-refractivity contribution >= 4 is 10.0 Å². The number of nitrogens with zero attached hydrogens (tertiary/aromatic N) is 3. The molecule has 1 rings (SSSR count). The molecule has 0 fully saturated rings. The number of rotatable bonds is 6. The van der Waals surface area contributed by atoms with Crippen LogP contribution in [0, 0.1) is 0 Å². The summed E-state index contributed by atoms with van der Waals surface area (Å²) in [6.45, 7) is -1.04. The maximum atomic E-state index is 12.3. The first kappa shape index (κ1) is 14.0. The fourth-order valence-corrected chi connectivity index (χ4v) is 2.71. The minimum absolute atomic E-state index is 0.0216. The Bertz CT molecular complexity index is 460. The molecular weight excluding hydrogens is 254 g/mol. The number of aromatic nitrogens is 2. The predicted octanol–water partition coefficient (Wildman–Crippen LogP) is -0.365. The summed E-state index contributed by atoms with van der Waals surface area (Å²) in [6.07, 6.45) is -0.373. The van der Waals surface area contributed by atoms with Crippen LogP contribution in [0.5, 0.6) is 0 Å². The number of sulfonamides is 1. The molecule has 0 unspecified atom stereocenters. The second-order valence-corrected chi connectivity index (χ2v) is 5.33. The zero-order valence-corrected chi connectivity index (χ0v) is 10.1. The molecule has 0 saturated carbocycles. The highest BCUT2D eigenvalue weighted by molar-refractivity contribution is 7.89. The highest BCUT2D eigenvalue weighted by Crippen LogP contribution is 2.15. The lowest BCUT2D eigenvalue weighted by Crippen LogP contribution is -2.38. The summed E-state index contributed by atoms with van der Waals surface area (Å²) in [5, 5.41) is 3.70. The summed E-state index contributed by atoms with van der Waals surface area (Å²) in [4.78, 5) is -0.117. The number of aryl methyl sites for hydroxylation is 1. The molecule has 0 bridgehead atoms. The van der Waals surface area contributed by atoms with Gasteiger partial charge in [-0.05, 0) is 0 Å². The van der Waals surface area contributed by atoms with Crippen LogP contribution in [0.3, 0.4) is 0 Å². The van der Waals surface area contributed by atoms with E-state index in [1.807, 2.05) is 0 Å². The van der Waals surface area contributed by atoms with E-state index < -0.39 is 23.0 Å². The third-order valence-corrected chi connectivity index (χ3v) is 3.86. The van der Waals surface area contributed by atoms with Gasteiger partial charge in [-0.1, -0.05) is 0 Å². The molecule has 2 N–H and O–H groups in total. The minimum Gasteiger partial charge on any atom is -0.329 e. The van der Waals surface area contributed by atoms with Crippen molar-refractivity contribution in [3.8, 4) is 0 Å². The van der Waals surface area contributed by atoms with E-state index in [2.05, 4.69) is 5.10 Å². The van der Waals surface area contributed by atoms with Gasteiger partial charge in [0.2, 0.25) is 10.0 Å². The average Bonchev–Trinajstić information content (AvgIpc) is 2.64. The minimum atomic E-state index is -3.95. The van der Waals surface area contributed by atoms with E-state index in [4.69, 9.17) is 5.73 Å². The molecule has 1 aromatic heterocycles. The molecule has 0 aliphatic carbocycles. The first-order chi connectivity index (χ1) is 7.87. The normalized spacial score (nSPS) is 12.6. The van der Waals surface area contributed by atoms with Gasteiger partial charge in [0.1, 0.15) is 4.90 Å². The largest absolute Gasteiger partial charge is 0.329 e. The second-order valence-electron chi connectivity index (χ2n) is 3.39. The van der Waals surface area contributed by atoms with Gasteiger partial charge in [-0.3, -0.25) is 4.68 Å². The molecule has 0 aliphatic rings. The monoisotopic (exact) mass is 268 g/mol. The fraction of sp³-hybridized carbons (Fsp3) is 0.625. The molecule has 0 radical (unpaired) electrons. The zero-order chi connectivity index (χ0) is 13.1. The fourth-order valence-electron chi connectivity index (χ4n) is 1.29. The van der Waals surface area contributed by atoms with Crippen LogP contribution in [-0.2, 0) is 17.1 Å². The molecule has 9 heteroatoms. The highest BCUT2D eigenvalue weighted by Gasteiger charge is 2.27. The molecule has 0 saturated heterocycles. The molecule has 6 nitrogen and oxygen atoms in total. The molecule has 0 aliphatic heterocycles. The summed E-state index contributed by atoms with van der Waals surface area (Å²) >= 11 is 0. The number of halogens is 2. The maximum Gasteiger partial charge on any atom is 0.252 e. The standard InChI is InChI=1S/C8H14F2N4O2S/c1-13-5-7(4-12-13)17(15,16)14(3-2-11)6-8(9)10/h4-5,8H,2-3,6,11H2,1H3. The van der Waals surface area contributed by atoms with Crippen molar-refractivity contribution in [2.24, 2.45) is 12.8 Å². The van der Waals surface area contributed by atoms with Crippen LogP contribution < -0.4 is 5.73 Å². The molecule has 98 valence electrons. The van der Waals surface area contributed by atoms with E-state index >= 15 is 0 Å². The molecule has 0 aromatic carbocycles.